The molecule has 0 bridgehead atoms. The third kappa shape index (κ3) is 2.73. The van der Waals surface area contributed by atoms with Gasteiger partial charge in [-0.15, -0.1) is 0 Å². The van der Waals surface area contributed by atoms with Crippen LogP contribution >= 0.6 is 0 Å². The fourth-order valence-corrected chi connectivity index (χ4v) is 2.97. The van der Waals surface area contributed by atoms with Gasteiger partial charge in [0.05, 0.1) is 7.11 Å². The summed E-state index contributed by atoms with van der Waals surface area (Å²) in [4.78, 5) is 23.3. The lowest BCUT2D eigenvalue weighted by Crippen LogP contribution is -2.44. The number of benzene rings is 1. The van der Waals surface area contributed by atoms with Crippen molar-refractivity contribution in [2.75, 3.05) is 13.7 Å². The fraction of sp³-hybridized carbons (Fsp3) is 0.500. The number of carbonyl (C=O) groups excluding carboxylic acids is 2. The van der Waals surface area contributed by atoms with Crippen LogP contribution in [-0.2, 0) is 15.0 Å². The molecule has 112 valence electrons. The van der Waals surface area contributed by atoms with Crippen molar-refractivity contribution in [2.45, 2.75) is 37.1 Å². The van der Waals surface area contributed by atoms with Crippen LogP contribution in [0.2, 0.25) is 0 Å². The van der Waals surface area contributed by atoms with Crippen molar-refractivity contribution in [1.82, 2.24) is 10.6 Å². The van der Waals surface area contributed by atoms with Gasteiger partial charge in [0.25, 0.3) is 0 Å². The van der Waals surface area contributed by atoms with Gasteiger partial charge in [-0.1, -0.05) is 18.2 Å². The van der Waals surface area contributed by atoms with E-state index in [9.17, 15) is 9.59 Å². The van der Waals surface area contributed by atoms with Crippen molar-refractivity contribution in [3.63, 3.8) is 0 Å². The molecule has 21 heavy (non-hydrogen) atoms. The molecule has 1 saturated carbocycles. The van der Waals surface area contributed by atoms with Gasteiger partial charge in [-0.2, -0.15) is 0 Å². The Morgan fingerprint density at radius 2 is 2.19 bits per heavy atom. The Bertz CT molecular complexity index is 566. The molecule has 1 aromatic carbocycles. The lowest BCUT2D eigenvalue weighted by molar-refractivity contribution is -0.125. The molecule has 1 atom stereocenters. The third-order valence-electron chi connectivity index (χ3n) is 4.44. The van der Waals surface area contributed by atoms with E-state index in [1.165, 1.54) is 0 Å². The van der Waals surface area contributed by atoms with Crippen molar-refractivity contribution in [2.24, 2.45) is 0 Å². The molecule has 2 N–H and O–H groups in total. The summed E-state index contributed by atoms with van der Waals surface area (Å²) in [6.07, 6.45) is 3.12. The predicted octanol–water partition coefficient (Wildman–Crippen LogP) is 1.12. The van der Waals surface area contributed by atoms with Crippen LogP contribution in [0, 0.1) is 0 Å². The highest BCUT2D eigenvalue weighted by atomic mass is 16.5. The largest absolute Gasteiger partial charge is 0.496 e. The van der Waals surface area contributed by atoms with Gasteiger partial charge >= 0.3 is 0 Å². The third-order valence-corrected chi connectivity index (χ3v) is 4.44. The lowest BCUT2D eigenvalue weighted by atomic mass is 9.94. The smallest absolute Gasteiger partial charge is 0.242 e. The topological polar surface area (TPSA) is 67.4 Å². The number of methoxy groups -OCH3 is 1. The highest BCUT2D eigenvalue weighted by Gasteiger charge is 2.46. The normalized spacial score (nSPS) is 22.5. The molecular weight excluding hydrogens is 268 g/mol. The molecule has 1 aromatic rings. The number of nitrogens with one attached hydrogen (secondary N) is 2. The van der Waals surface area contributed by atoms with E-state index >= 15 is 0 Å². The van der Waals surface area contributed by atoms with Crippen LogP contribution in [0.15, 0.2) is 24.3 Å². The summed E-state index contributed by atoms with van der Waals surface area (Å²) in [7, 11) is 1.67. The molecule has 2 fully saturated rings. The number of hydrogen-bond acceptors (Lipinski definition) is 3. The molecule has 3 rings (SSSR count). The van der Waals surface area contributed by atoms with Crippen LogP contribution < -0.4 is 15.4 Å². The first-order valence-corrected chi connectivity index (χ1v) is 7.35. The Morgan fingerprint density at radius 1 is 1.43 bits per heavy atom. The zero-order valence-corrected chi connectivity index (χ0v) is 12.1. The fourth-order valence-electron chi connectivity index (χ4n) is 2.97. The molecule has 2 aliphatic rings. The molecule has 1 aliphatic carbocycles. The molecule has 0 spiro atoms. The number of carbonyl (C=O) groups is 2. The van der Waals surface area contributed by atoms with Gasteiger partial charge in [0.1, 0.15) is 11.8 Å². The maximum absolute atomic E-state index is 12.1. The molecule has 1 unspecified atom stereocenters. The monoisotopic (exact) mass is 288 g/mol. The average molecular weight is 288 g/mol. The Morgan fingerprint density at radius 3 is 2.81 bits per heavy atom. The molecular formula is C16H20N2O3. The Labute approximate surface area is 124 Å². The Hall–Kier alpha value is -2.04. The molecule has 5 heteroatoms. The molecule has 0 radical (unpaired) electrons. The lowest BCUT2D eigenvalue weighted by Gasteiger charge is -2.20. The van der Waals surface area contributed by atoms with E-state index in [0.717, 1.165) is 24.2 Å². The van der Waals surface area contributed by atoms with E-state index < -0.39 is 0 Å². The SMILES string of the molecule is COc1ccccc1C1(CNC(=O)C2CCC(=O)N2)CC1. The van der Waals surface area contributed by atoms with Crippen LogP contribution in [0.3, 0.4) is 0 Å². The number of ether oxygens (including phenoxy) is 1. The quantitative estimate of drug-likeness (QED) is 0.853. The van der Waals surface area contributed by atoms with E-state index in [1.54, 1.807) is 7.11 Å². The summed E-state index contributed by atoms with van der Waals surface area (Å²) in [5.41, 5.74) is 1.15. The van der Waals surface area contributed by atoms with Crippen LogP contribution in [0.4, 0.5) is 0 Å². The molecule has 1 heterocycles. The molecule has 2 amide bonds. The van der Waals surface area contributed by atoms with Gasteiger partial charge in [0.15, 0.2) is 0 Å². The average Bonchev–Trinajstić information content (AvgIpc) is 3.18. The van der Waals surface area contributed by atoms with E-state index in [4.69, 9.17) is 4.74 Å². The molecule has 0 aromatic heterocycles. The second-order valence-corrected chi connectivity index (χ2v) is 5.86. The van der Waals surface area contributed by atoms with Crippen molar-refractivity contribution >= 4 is 11.8 Å². The van der Waals surface area contributed by atoms with Crippen LogP contribution in [-0.4, -0.2) is 31.5 Å². The highest BCUT2D eigenvalue weighted by Crippen LogP contribution is 2.50. The number of hydrogen-bond donors (Lipinski definition) is 2. The minimum absolute atomic E-state index is 0.00905. The van der Waals surface area contributed by atoms with Gasteiger partial charge in [-0.25, -0.2) is 0 Å². The first-order chi connectivity index (χ1) is 10.1. The molecule has 1 saturated heterocycles. The van der Waals surface area contributed by atoms with E-state index in [1.807, 2.05) is 18.2 Å². The van der Waals surface area contributed by atoms with Crippen LogP contribution in [0.5, 0.6) is 5.75 Å². The maximum atomic E-state index is 12.1. The summed E-state index contributed by atoms with van der Waals surface area (Å²) in [6.45, 7) is 0.596. The van der Waals surface area contributed by atoms with Gasteiger partial charge < -0.3 is 15.4 Å². The second kappa shape index (κ2) is 5.39. The van der Waals surface area contributed by atoms with Crippen LogP contribution in [0.25, 0.3) is 0 Å². The summed E-state index contributed by atoms with van der Waals surface area (Å²) in [5, 5.41) is 5.69. The summed E-state index contributed by atoms with van der Waals surface area (Å²) >= 11 is 0. The van der Waals surface area contributed by atoms with Gasteiger partial charge in [0.2, 0.25) is 11.8 Å². The van der Waals surface area contributed by atoms with Gasteiger partial charge in [0, 0.05) is 23.9 Å². The van der Waals surface area contributed by atoms with Gasteiger partial charge in [-0.3, -0.25) is 9.59 Å². The standard InChI is InChI=1S/C16H20N2O3/c1-21-13-5-3-2-4-11(13)16(8-9-16)10-17-15(20)12-6-7-14(19)18-12/h2-5,12H,6-10H2,1H3,(H,17,20)(H,18,19). The number of para-hydroxylation sites is 1. The Kier molecular flexibility index (Phi) is 3.57. The van der Waals surface area contributed by atoms with E-state index in [2.05, 4.69) is 16.7 Å². The van der Waals surface area contributed by atoms with Gasteiger partial charge in [-0.05, 0) is 25.3 Å². The first kappa shape index (κ1) is 13.9. The number of rotatable bonds is 5. The Balaban J connectivity index is 1.64. The van der Waals surface area contributed by atoms with Crippen molar-refractivity contribution in [3.05, 3.63) is 29.8 Å². The van der Waals surface area contributed by atoms with E-state index in [-0.39, 0.29) is 23.3 Å². The highest BCUT2D eigenvalue weighted by molar-refractivity contribution is 5.90. The summed E-state index contributed by atoms with van der Waals surface area (Å²) in [5.74, 6) is 0.751. The zero-order valence-electron chi connectivity index (χ0n) is 12.1. The molecule has 1 aliphatic heterocycles. The van der Waals surface area contributed by atoms with Crippen molar-refractivity contribution in [1.29, 1.82) is 0 Å². The maximum Gasteiger partial charge on any atom is 0.242 e. The van der Waals surface area contributed by atoms with E-state index in [0.29, 0.717) is 19.4 Å². The summed E-state index contributed by atoms with van der Waals surface area (Å²) < 4.78 is 5.42. The van der Waals surface area contributed by atoms with Crippen molar-refractivity contribution in [3.8, 4) is 5.75 Å². The minimum atomic E-state index is -0.369. The molecule has 5 nitrogen and oxygen atoms in total. The zero-order chi connectivity index (χ0) is 14.9. The second-order valence-electron chi connectivity index (χ2n) is 5.86. The van der Waals surface area contributed by atoms with Crippen molar-refractivity contribution < 1.29 is 14.3 Å². The van der Waals surface area contributed by atoms with Crippen LogP contribution in [0.1, 0.15) is 31.2 Å². The summed E-state index contributed by atoms with van der Waals surface area (Å²) in [6, 6.07) is 7.59. The minimum Gasteiger partial charge on any atom is -0.496 e. The first-order valence-electron chi connectivity index (χ1n) is 7.35. The predicted molar refractivity (Wildman–Crippen MR) is 78.1 cm³/mol. The number of amides is 2.